The van der Waals surface area contributed by atoms with Crippen LogP contribution in [0.5, 0.6) is 0 Å². The van der Waals surface area contributed by atoms with E-state index in [-0.39, 0.29) is 18.0 Å². The fourth-order valence-electron chi connectivity index (χ4n) is 1.85. The molecule has 1 heterocycles. The third kappa shape index (κ3) is 3.95. The number of anilines is 1. The van der Waals surface area contributed by atoms with Crippen LogP contribution in [-0.4, -0.2) is 24.6 Å². The molecule has 0 fully saturated rings. The number of carbonyl (C=O) groups is 2. The van der Waals surface area contributed by atoms with E-state index in [2.05, 4.69) is 10.6 Å². The summed E-state index contributed by atoms with van der Waals surface area (Å²) in [6, 6.07) is 7.15. The van der Waals surface area contributed by atoms with Crippen molar-refractivity contribution in [1.82, 2.24) is 5.32 Å². The quantitative estimate of drug-likeness (QED) is 0.848. The van der Waals surface area contributed by atoms with Gasteiger partial charge in [-0.05, 0) is 50.4 Å². The van der Waals surface area contributed by atoms with Gasteiger partial charge in [0.2, 0.25) is 0 Å². The van der Waals surface area contributed by atoms with Crippen LogP contribution < -0.4 is 10.6 Å². The number of esters is 1. The smallest absolute Gasteiger partial charge is 0.348 e. The molecule has 6 heteroatoms. The van der Waals surface area contributed by atoms with Crippen molar-refractivity contribution in [1.29, 1.82) is 0 Å². The van der Waals surface area contributed by atoms with Crippen LogP contribution in [0.15, 0.2) is 24.3 Å². The van der Waals surface area contributed by atoms with Crippen molar-refractivity contribution in [3.05, 3.63) is 29.1 Å². The van der Waals surface area contributed by atoms with Crippen molar-refractivity contribution in [2.45, 2.75) is 26.8 Å². The van der Waals surface area contributed by atoms with Gasteiger partial charge in [-0.2, -0.15) is 0 Å². The molecule has 0 bridgehead atoms. The molecule has 0 unspecified atom stereocenters. The molecule has 2 N–H and O–H groups in total. The largest absolute Gasteiger partial charge is 0.462 e. The zero-order valence-electron chi connectivity index (χ0n) is 12.2. The summed E-state index contributed by atoms with van der Waals surface area (Å²) in [7, 11) is 0. The highest BCUT2D eigenvalue weighted by molar-refractivity contribution is 7.20. The Morgan fingerprint density at radius 2 is 2.05 bits per heavy atom. The van der Waals surface area contributed by atoms with Crippen molar-refractivity contribution in [2.75, 3.05) is 11.9 Å². The van der Waals surface area contributed by atoms with Crippen LogP contribution in [0.2, 0.25) is 0 Å². The Morgan fingerprint density at radius 1 is 1.29 bits per heavy atom. The Morgan fingerprint density at radius 3 is 2.71 bits per heavy atom. The first kappa shape index (κ1) is 15.3. The Hall–Kier alpha value is -2.08. The van der Waals surface area contributed by atoms with E-state index in [1.54, 1.807) is 13.0 Å². The van der Waals surface area contributed by atoms with Crippen LogP contribution in [0, 0.1) is 0 Å². The zero-order chi connectivity index (χ0) is 15.4. The third-order valence-electron chi connectivity index (χ3n) is 2.67. The number of ether oxygens (including phenoxy) is 1. The number of nitrogens with one attached hydrogen (secondary N) is 2. The van der Waals surface area contributed by atoms with Crippen LogP contribution >= 0.6 is 11.3 Å². The van der Waals surface area contributed by atoms with Crippen molar-refractivity contribution >= 4 is 39.1 Å². The number of rotatable bonds is 4. The fraction of sp³-hybridized carbons (Fsp3) is 0.333. The number of urea groups is 1. The minimum atomic E-state index is -0.314. The van der Waals surface area contributed by atoms with Gasteiger partial charge in [-0.25, -0.2) is 9.59 Å². The monoisotopic (exact) mass is 306 g/mol. The number of hydrogen-bond acceptors (Lipinski definition) is 4. The number of hydrogen-bond donors (Lipinski definition) is 2. The number of amides is 2. The van der Waals surface area contributed by atoms with Gasteiger partial charge in [-0.3, -0.25) is 0 Å². The lowest BCUT2D eigenvalue weighted by molar-refractivity contribution is 0.0532. The summed E-state index contributed by atoms with van der Waals surface area (Å²) in [5, 5.41) is 6.43. The summed E-state index contributed by atoms with van der Waals surface area (Å²) in [5.74, 6) is -0.314. The minimum Gasteiger partial charge on any atom is -0.462 e. The molecule has 0 aliphatic rings. The molecule has 1 aromatic heterocycles. The molecule has 2 amide bonds. The highest BCUT2D eigenvalue weighted by Gasteiger charge is 2.12. The van der Waals surface area contributed by atoms with Gasteiger partial charge in [0.05, 0.1) is 6.61 Å². The van der Waals surface area contributed by atoms with Crippen LogP contribution in [0.4, 0.5) is 10.5 Å². The van der Waals surface area contributed by atoms with E-state index in [0.717, 1.165) is 10.1 Å². The maximum atomic E-state index is 11.7. The average molecular weight is 306 g/mol. The molecule has 1 aromatic carbocycles. The molecule has 0 radical (unpaired) electrons. The zero-order valence-corrected chi connectivity index (χ0v) is 13.0. The van der Waals surface area contributed by atoms with Crippen LogP contribution in [0.25, 0.3) is 10.1 Å². The molecular weight excluding hydrogens is 288 g/mol. The second-order valence-electron chi connectivity index (χ2n) is 4.84. The third-order valence-corrected chi connectivity index (χ3v) is 3.77. The summed E-state index contributed by atoms with van der Waals surface area (Å²) >= 11 is 1.38. The lowest BCUT2D eigenvalue weighted by atomic mass is 10.2. The fourth-order valence-corrected chi connectivity index (χ4v) is 2.79. The second kappa shape index (κ2) is 6.58. The first-order chi connectivity index (χ1) is 9.99. The minimum absolute atomic E-state index is 0.0743. The average Bonchev–Trinajstić information content (AvgIpc) is 2.81. The lowest BCUT2D eigenvalue weighted by Gasteiger charge is -2.09. The van der Waals surface area contributed by atoms with Gasteiger partial charge in [0.15, 0.2) is 0 Å². The standard InChI is InChI=1S/C15H18N2O3S/c1-4-20-14(18)13-8-10-7-11(5-6-12(10)21-13)17-15(19)16-9(2)3/h5-9H,4H2,1-3H3,(H2,16,17,19). The van der Waals surface area contributed by atoms with E-state index in [1.165, 1.54) is 11.3 Å². The van der Waals surface area contributed by atoms with Crippen molar-refractivity contribution in [3.8, 4) is 0 Å². The van der Waals surface area contributed by atoms with Gasteiger partial charge in [0.25, 0.3) is 0 Å². The topological polar surface area (TPSA) is 67.4 Å². The molecule has 2 aromatic rings. The maximum Gasteiger partial charge on any atom is 0.348 e. The molecule has 0 spiro atoms. The highest BCUT2D eigenvalue weighted by Crippen LogP contribution is 2.28. The second-order valence-corrected chi connectivity index (χ2v) is 5.92. The summed E-state index contributed by atoms with van der Waals surface area (Å²) in [4.78, 5) is 23.9. The predicted molar refractivity (Wildman–Crippen MR) is 85.1 cm³/mol. The van der Waals surface area contributed by atoms with E-state index >= 15 is 0 Å². The predicted octanol–water partition coefficient (Wildman–Crippen LogP) is 3.61. The van der Waals surface area contributed by atoms with Crippen molar-refractivity contribution in [2.24, 2.45) is 0 Å². The lowest BCUT2D eigenvalue weighted by Crippen LogP contribution is -2.34. The summed E-state index contributed by atoms with van der Waals surface area (Å²) < 4.78 is 5.97. The Balaban J connectivity index is 2.18. The first-order valence-electron chi connectivity index (χ1n) is 6.78. The Kier molecular flexibility index (Phi) is 4.80. The molecule has 0 saturated heterocycles. The van der Waals surface area contributed by atoms with Crippen molar-refractivity contribution < 1.29 is 14.3 Å². The summed E-state index contributed by atoms with van der Waals surface area (Å²) in [6.45, 7) is 5.93. The maximum absolute atomic E-state index is 11.7. The summed E-state index contributed by atoms with van der Waals surface area (Å²) in [5.41, 5.74) is 0.689. The van der Waals surface area contributed by atoms with E-state index in [0.29, 0.717) is 17.2 Å². The molecule has 0 aliphatic heterocycles. The van der Waals surface area contributed by atoms with Gasteiger partial charge >= 0.3 is 12.0 Å². The molecule has 21 heavy (non-hydrogen) atoms. The van der Waals surface area contributed by atoms with Gasteiger partial charge in [0.1, 0.15) is 4.88 Å². The van der Waals surface area contributed by atoms with Crippen LogP contribution in [0.3, 0.4) is 0 Å². The van der Waals surface area contributed by atoms with E-state index in [1.807, 2.05) is 32.0 Å². The molecule has 0 atom stereocenters. The van der Waals surface area contributed by atoms with Crippen LogP contribution in [0.1, 0.15) is 30.4 Å². The number of carbonyl (C=O) groups excluding carboxylic acids is 2. The number of benzene rings is 1. The first-order valence-corrected chi connectivity index (χ1v) is 7.59. The molecule has 0 aliphatic carbocycles. The summed E-state index contributed by atoms with van der Waals surface area (Å²) in [6.07, 6.45) is 0. The molecule has 0 saturated carbocycles. The van der Waals surface area contributed by atoms with Gasteiger partial charge < -0.3 is 15.4 Å². The van der Waals surface area contributed by atoms with E-state index < -0.39 is 0 Å². The number of thiophene rings is 1. The van der Waals surface area contributed by atoms with E-state index in [9.17, 15) is 9.59 Å². The van der Waals surface area contributed by atoms with E-state index in [4.69, 9.17) is 4.74 Å². The molecule has 2 rings (SSSR count). The van der Waals surface area contributed by atoms with Crippen molar-refractivity contribution in [3.63, 3.8) is 0 Å². The number of fused-ring (bicyclic) bond motifs is 1. The highest BCUT2D eigenvalue weighted by atomic mass is 32.1. The molecule has 5 nitrogen and oxygen atoms in total. The van der Waals surface area contributed by atoms with Gasteiger partial charge in [-0.1, -0.05) is 0 Å². The van der Waals surface area contributed by atoms with Gasteiger partial charge in [0, 0.05) is 16.4 Å². The Labute approximate surface area is 127 Å². The molecular formula is C15H18N2O3S. The Bertz CT molecular complexity index is 664. The SMILES string of the molecule is CCOC(=O)c1cc2cc(NC(=O)NC(C)C)ccc2s1. The van der Waals surface area contributed by atoms with Gasteiger partial charge in [-0.15, -0.1) is 11.3 Å². The normalized spacial score (nSPS) is 10.7. The molecule has 112 valence electrons. The van der Waals surface area contributed by atoms with Crippen LogP contribution in [-0.2, 0) is 4.74 Å².